The van der Waals surface area contributed by atoms with Crippen molar-refractivity contribution >= 4 is 6.09 Å². The van der Waals surface area contributed by atoms with Crippen LogP contribution in [0.15, 0.2) is 11.6 Å². The molecule has 6 aliphatic rings. The fourth-order valence-corrected chi connectivity index (χ4v) is 7.87. The highest BCUT2D eigenvalue weighted by molar-refractivity contribution is 5.69. The first-order chi connectivity index (χ1) is 17.3. The van der Waals surface area contributed by atoms with Gasteiger partial charge in [0.05, 0.1) is 31.8 Å². The van der Waals surface area contributed by atoms with Crippen molar-refractivity contribution in [2.75, 3.05) is 59.7 Å². The lowest BCUT2D eigenvalue weighted by Crippen LogP contribution is -2.65. The van der Waals surface area contributed by atoms with Crippen molar-refractivity contribution in [1.82, 2.24) is 9.80 Å². The Bertz CT molecular complexity index is 865. The summed E-state index contributed by atoms with van der Waals surface area (Å²) in [5.41, 5.74) is 1.12. The highest BCUT2D eigenvalue weighted by Crippen LogP contribution is 2.60. The fraction of sp³-hybridized carbons (Fsp3) is 0.893. The van der Waals surface area contributed by atoms with Gasteiger partial charge in [-0.1, -0.05) is 11.6 Å². The van der Waals surface area contributed by atoms with Crippen molar-refractivity contribution in [2.45, 2.75) is 82.4 Å². The summed E-state index contributed by atoms with van der Waals surface area (Å²) in [7, 11) is 1.73. The van der Waals surface area contributed by atoms with Gasteiger partial charge in [0.1, 0.15) is 23.4 Å². The number of epoxide rings is 2. The minimum atomic E-state index is -0.309. The van der Waals surface area contributed by atoms with Crippen molar-refractivity contribution in [3.05, 3.63) is 11.6 Å². The molecule has 6 fully saturated rings. The van der Waals surface area contributed by atoms with Crippen LogP contribution < -0.4 is 0 Å². The average Bonchev–Trinajstić information content (AvgIpc) is 3.72. The van der Waals surface area contributed by atoms with Crippen LogP contribution in [0.3, 0.4) is 0 Å². The number of allylic oxidation sites excluding steroid dienone is 1. The molecule has 4 saturated heterocycles. The van der Waals surface area contributed by atoms with Crippen molar-refractivity contribution in [1.29, 1.82) is 0 Å². The highest BCUT2D eigenvalue weighted by Gasteiger charge is 2.72. The number of carbonyl (C=O) groups excluding carboxylic acids is 1. The number of hydrogen-bond acceptors (Lipinski definition) is 7. The summed E-state index contributed by atoms with van der Waals surface area (Å²) in [5.74, 6) is 0.818. The first-order valence-electron chi connectivity index (χ1n) is 14.0. The Labute approximate surface area is 215 Å². The van der Waals surface area contributed by atoms with Crippen LogP contribution in [0, 0.1) is 17.3 Å². The minimum Gasteiger partial charge on any atom is -0.443 e. The van der Waals surface area contributed by atoms with Gasteiger partial charge < -0.3 is 28.6 Å². The van der Waals surface area contributed by atoms with Crippen LogP contribution in [0.1, 0.15) is 52.9 Å². The molecule has 0 bridgehead atoms. The van der Waals surface area contributed by atoms with Crippen LogP contribution in [0.4, 0.5) is 4.79 Å². The highest BCUT2D eigenvalue weighted by atomic mass is 16.6. The lowest BCUT2D eigenvalue weighted by atomic mass is 9.57. The molecule has 8 heteroatoms. The van der Waals surface area contributed by atoms with Gasteiger partial charge in [-0.15, -0.1) is 0 Å². The van der Waals surface area contributed by atoms with Crippen molar-refractivity contribution in [3.63, 3.8) is 0 Å². The second kappa shape index (κ2) is 9.23. The maximum atomic E-state index is 13.1. The predicted octanol–water partition coefficient (Wildman–Crippen LogP) is 3.24. The molecule has 6 atom stereocenters. The first-order valence-corrected chi connectivity index (χ1v) is 14.0. The number of methoxy groups -OCH3 is 1. The van der Waals surface area contributed by atoms with E-state index in [0.29, 0.717) is 5.41 Å². The van der Waals surface area contributed by atoms with Gasteiger partial charge in [-0.3, -0.25) is 4.90 Å². The molecule has 36 heavy (non-hydrogen) atoms. The molecule has 4 aliphatic heterocycles. The fourth-order valence-electron chi connectivity index (χ4n) is 7.87. The molecule has 0 N–H and O–H groups in total. The molecule has 1 amide bonds. The number of nitrogens with zero attached hydrogens (tertiary/aromatic N) is 2. The Balaban J connectivity index is 1.02. The summed E-state index contributed by atoms with van der Waals surface area (Å²) >= 11 is 0. The van der Waals surface area contributed by atoms with E-state index in [1.807, 2.05) is 4.90 Å². The lowest BCUT2D eigenvalue weighted by Gasteiger charge is -2.59. The van der Waals surface area contributed by atoms with Gasteiger partial charge in [-0.05, 0) is 58.8 Å². The van der Waals surface area contributed by atoms with E-state index in [-0.39, 0.29) is 41.5 Å². The third-order valence-corrected chi connectivity index (χ3v) is 9.86. The lowest BCUT2D eigenvalue weighted by molar-refractivity contribution is -0.137. The van der Waals surface area contributed by atoms with E-state index in [1.54, 1.807) is 7.11 Å². The SMILES string of the molecule is CO[C@@H]1[C@H](OC(=O)N2CC3(CC(CN4CCOCC4)C3)C2)CC[C@]2(CO2)[C@H]1[C@@]1(C)O[C@@H]1CC=C(C)C. The van der Waals surface area contributed by atoms with Crippen LogP contribution in [0.2, 0.25) is 0 Å². The number of amides is 1. The number of rotatable bonds is 7. The largest absolute Gasteiger partial charge is 0.443 e. The van der Waals surface area contributed by atoms with Crippen LogP contribution in [0.5, 0.6) is 0 Å². The van der Waals surface area contributed by atoms with Gasteiger partial charge in [0.2, 0.25) is 0 Å². The second-order valence-corrected chi connectivity index (χ2v) is 12.8. The topological polar surface area (TPSA) is 76.3 Å². The maximum absolute atomic E-state index is 13.1. The zero-order valence-corrected chi connectivity index (χ0v) is 22.5. The number of ether oxygens (including phenoxy) is 5. The average molecular weight is 505 g/mol. The van der Waals surface area contributed by atoms with E-state index in [9.17, 15) is 4.79 Å². The van der Waals surface area contributed by atoms with Gasteiger partial charge in [0.25, 0.3) is 0 Å². The van der Waals surface area contributed by atoms with E-state index in [1.165, 1.54) is 25.0 Å². The number of carbonyl (C=O) groups is 1. The quantitative estimate of drug-likeness (QED) is 0.389. The molecule has 4 heterocycles. The van der Waals surface area contributed by atoms with Gasteiger partial charge in [-0.25, -0.2) is 4.79 Å². The second-order valence-electron chi connectivity index (χ2n) is 12.8. The zero-order valence-electron chi connectivity index (χ0n) is 22.5. The molecular weight excluding hydrogens is 460 g/mol. The molecule has 0 aromatic carbocycles. The van der Waals surface area contributed by atoms with E-state index in [2.05, 4.69) is 31.7 Å². The third-order valence-electron chi connectivity index (χ3n) is 9.86. The van der Waals surface area contributed by atoms with Gasteiger partial charge in [0.15, 0.2) is 0 Å². The summed E-state index contributed by atoms with van der Waals surface area (Å²) in [5, 5.41) is 0. The molecule has 0 unspecified atom stereocenters. The van der Waals surface area contributed by atoms with Gasteiger partial charge >= 0.3 is 6.09 Å². The third kappa shape index (κ3) is 4.51. The summed E-state index contributed by atoms with van der Waals surface area (Å²) in [6.07, 6.45) is 6.74. The molecule has 0 radical (unpaired) electrons. The Morgan fingerprint density at radius 2 is 1.89 bits per heavy atom. The zero-order chi connectivity index (χ0) is 25.1. The van der Waals surface area contributed by atoms with Crippen molar-refractivity contribution in [2.24, 2.45) is 17.3 Å². The monoisotopic (exact) mass is 504 g/mol. The molecule has 8 nitrogen and oxygen atoms in total. The minimum absolute atomic E-state index is 0.0624. The summed E-state index contributed by atoms with van der Waals surface area (Å²) in [4.78, 5) is 17.6. The number of hydrogen-bond donors (Lipinski definition) is 0. The molecule has 2 spiro atoms. The standard InChI is InChI=1S/C28H44N2O6/c1-19(2)5-6-22-26(3,36-22)24-23(32-4)21(7-8-28(24)18-34-28)35-25(31)30-16-27(17-30)13-20(14-27)15-29-9-11-33-12-10-29/h5,20-24H,6-18H2,1-4H3/t21-,22-,23-,24-,26+,28+/m1/s1. The smallest absolute Gasteiger partial charge is 0.410 e. The molecular formula is C28H44N2O6. The number of morpholine rings is 1. The van der Waals surface area contributed by atoms with E-state index in [0.717, 1.165) is 71.2 Å². The Hall–Kier alpha value is -1.19. The molecule has 0 aromatic rings. The van der Waals surface area contributed by atoms with Gasteiger partial charge in [-0.2, -0.15) is 0 Å². The van der Waals surface area contributed by atoms with Crippen LogP contribution >= 0.6 is 0 Å². The summed E-state index contributed by atoms with van der Waals surface area (Å²) < 4.78 is 30.0. The predicted molar refractivity (Wildman–Crippen MR) is 134 cm³/mol. The van der Waals surface area contributed by atoms with Crippen LogP contribution in [-0.2, 0) is 23.7 Å². The van der Waals surface area contributed by atoms with Crippen molar-refractivity contribution < 1.29 is 28.5 Å². The Kier molecular flexibility index (Phi) is 6.43. The summed E-state index contributed by atoms with van der Waals surface area (Å²) in [6.45, 7) is 13.8. The maximum Gasteiger partial charge on any atom is 0.410 e. The molecule has 202 valence electrons. The molecule has 6 rings (SSSR count). The van der Waals surface area contributed by atoms with Crippen molar-refractivity contribution in [3.8, 4) is 0 Å². The number of likely N-dealkylation sites (tertiary alicyclic amines) is 1. The van der Waals surface area contributed by atoms with E-state index < -0.39 is 0 Å². The Morgan fingerprint density at radius 3 is 2.53 bits per heavy atom. The summed E-state index contributed by atoms with van der Waals surface area (Å²) in [6, 6.07) is 0. The first kappa shape index (κ1) is 25.1. The van der Waals surface area contributed by atoms with E-state index in [4.69, 9.17) is 23.7 Å². The molecule has 0 aromatic heterocycles. The van der Waals surface area contributed by atoms with Crippen LogP contribution in [0.25, 0.3) is 0 Å². The molecule has 2 aliphatic carbocycles. The molecule has 2 saturated carbocycles. The van der Waals surface area contributed by atoms with Gasteiger partial charge in [0, 0.05) is 45.2 Å². The normalized spacial score (nSPS) is 41.5. The Morgan fingerprint density at radius 1 is 1.17 bits per heavy atom. The van der Waals surface area contributed by atoms with Crippen LogP contribution in [-0.4, -0.2) is 105 Å². The van der Waals surface area contributed by atoms with E-state index >= 15 is 0 Å².